The first kappa shape index (κ1) is 16.0. The van der Waals surface area contributed by atoms with Crippen LogP contribution in [-0.4, -0.2) is 12.6 Å². The second-order valence-corrected chi connectivity index (χ2v) is 5.15. The number of halogens is 2. The molecule has 0 aliphatic heterocycles. The molecular formula is C16H11BrFNO3. The van der Waals surface area contributed by atoms with Crippen LogP contribution < -0.4 is 4.74 Å². The Bertz CT molecular complexity index is 728. The van der Waals surface area contributed by atoms with Gasteiger partial charge in [-0.1, -0.05) is 34.1 Å². The minimum atomic E-state index is -0.580. The lowest BCUT2D eigenvalue weighted by atomic mass is 10.2. The molecule has 0 bridgehead atoms. The Labute approximate surface area is 135 Å². The zero-order valence-corrected chi connectivity index (χ0v) is 13.0. The highest BCUT2D eigenvalue weighted by molar-refractivity contribution is 9.10. The van der Waals surface area contributed by atoms with E-state index in [-0.39, 0.29) is 19.0 Å². The van der Waals surface area contributed by atoms with E-state index in [1.165, 1.54) is 18.2 Å². The molecule has 0 saturated carbocycles. The first-order valence-corrected chi connectivity index (χ1v) is 7.11. The highest BCUT2D eigenvalue weighted by Gasteiger charge is 2.09. The molecule has 0 unspecified atom stereocenters. The lowest BCUT2D eigenvalue weighted by Crippen LogP contribution is -2.15. The third-order valence-corrected chi connectivity index (χ3v) is 3.50. The predicted molar refractivity (Wildman–Crippen MR) is 80.5 cm³/mol. The van der Waals surface area contributed by atoms with Gasteiger partial charge in [0.1, 0.15) is 24.2 Å². The van der Waals surface area contributed by atoms with Crippen LogP contribution in [0, 0.1) is 17.1 Å². The molecule has 22 heavy (non-hydrogen) atoms. The van der Waals surface area contributed by atoms with Crippen LogP contribution in [0.3, 0.4) is 0 Å². The highest BCUT2D eigenvalue weighted by atomic mass is 79.9. The summed E-state index contributed by atoms with van der Waals surface area (Å²) in [6.07, 6.45) is 0. The van der Waals surface area contributed by atoms with E-state index in [0.717, 1.165) is 0 Å². The van der Waals surface area contributed by atoms with E-state index in [9.17, 15) is 9.18 Å². The van der Waals surface area contributed by atoms with Gasteiger partial charge in [-0.3, -0.25) is 0 Å². The Balaban J connectivity index is 1.87. The van der Waals surface area contributed by atoms with Crippen molar-refractivity contribution in [1.29, 1.82) is 5.26 Å². The normalized spacial score (nSPS) is 9.86. The maximum absolute atomic E-state index is 12.9. The minimum Gasteiger partial charge on any atom is -0.481 e. The van der Waals surface area contributed by atoms with Crippen molar-refractivity contribution in [2.24, 2.45) is 0 Å². The van der Waals surface area contributed by atoms with E-state index in [2.05, 4.69) is 15.9 Å². The van der Waals surface area contributed by atoms with Gasteiger partial charge in [0.15, 0.2) is 6.61 Å². The lowest BCUT2D eigenvalue weighted by Gasteiger charge is -2.09. The van der Waals surface area contributed by atoms with Gasteiger partial charge >= 0.3 is 5.97 Å². The summed E-state index contributed by atoms with van der Waals surface area (Å²) < 4.78 is 23.8. The third-order valence-electron chi connectivity index (χ3n) is 2.76. The molecule has 0 N–H and O–H groups in total. The Kier molecular flexibility index (Phi) is 5.50. The van der Waals surface area contributed by atoms with Crippen molar-refractivity contribution in [2.45, 2.75) is 6.61 Å². The van der Waals surface area contributed by atoms with E-state index < -0.39 is 5.97 Å². The van der Waals surface area contributed by atoms with Gasteiger partial charge in [0.25, 0.3) is 0 Å². The molecule has 0 saturated heterocycles. The van der Waals surface area contributed by atoms with Crippen molar-refractivity contribution in [1.82, 2.24) is 0 Å². The SMILES string of the molecule is N#Cc1ccccc1OCC(=O)OCc1ccc(F)cc1Br. The first-order chi connectivity index (χ1) is 10.6. The van der Waals surface area contributed by atoms with E-state index in [1.54, 1.807) is 24.3 Å². The molecule has 2 aromatic rings. The number of carbonyl (C=O) groups is 1. The van der Waals surface area contributed by atoms with Crippen LogP contribution in [-0.2, 0) is 16.1 Å². The summed E-state index contributed by atoms with van der Waals surface area (Å²) in [4.78, 5) is 11.6. The van der Waals surface area contributed by atoms with Crippen molar-refractivity contribution in [3.63, 3.8) is 0 Å². The fourth-order valence-electron chi connectivity index (χ4n) is 1.66. The first-order valence-electron chi connectivity index (χ1n) is 6.31. The molecule has 6 heteroatoms. The molecule has 0 aromatic heterocycles. The fourth-order valence-corrected chi connectivity index (χ4v) is 2.13. The Morgan fingerprint density at radius 3 is 2.77 bits per heavy atom. The number of rotatable bonds is 5. The van der Waals surface area contributed by atoms with Gasteiger partial charge in [0, 0.05) is 10.0 Å². The molecule has 112 valence electrons. The molecule has 0 atom stereocenters. The topological polar surface area (TPSA) is 59.3 Å². The number of hydrogen-bond donors (Lipinski definition) is 0. The number of para-hydroxylation sites is 1. The predicted octanol–water partition coefficient (Wildman–Crippen LogP) is 3.58. The molecular weight excluding hydrogens is 353 g/mol. The summed E-state index contributed by atoms with van der Waals surface area (Å²) >= 11 is 3.19. The van der Waals surface area contributed by atoms with Gasteiger partial charge in [-0.05, 0) is 24.3 Å². The van der Waals surface area contributed by atoms with Gasteiger partial charge in [-0.2, -0.15) is 5.26 Å². The molecule has 4 nitrogen and oxygen atoms in total. The maximum Gasteiger partial charge on any atom is 0.344 e. The van der Waals surface area contributed by atoms with Crippen molar-refractivity contribution < 1.29 is 18.7 Å². The summed E-state index contributed by atoms with van der Waals surface area (Å²) in [6.45, 7) is -0.305. The van der Waals surface area contributed by atoms with Crippen LogP contribution in [0.5, 0.6) is 5.75 Å². The molecule has 0 aliphatic rings. The zero-order valence-electron chi connectivity index (χ0n) is 11.4. The van der Waals surface area contributed by atoms with Crippen molar-refractivity contribution in [3.8, 4) is 11.8 Å². The molecule has 0 fully saturated rings. The number of nitriles is 1. The summed E-state index contributed by atoms with van der Waals surface area (Å²) in [5, 5.41) is 8.91. The summed E-state index contributed by atoms with van der Waals surface area (Å²) in [5.41, 5.74) is 0.990. The summed E-state index contributed by atoms with van der Waals surface area (Å²) in [5.74, 6) is -0.632. The number of nitrogens with zero attached hydrogens (tertiary/aromatic N) is 1. The minimum absolute atomic E-state index is 0.00293. The largest absolute Gasteiger partial charge is 0.481 e. The van der Waals surface area contributed by atoms with Crippen LogP contribution in [0.4, 0.5) is 4.39 Å². The Morgan fingerprint density at radius 1 is 1.27 bits per heavy atom. The standard InChI is InChI=1S/C16H11BrFNO3/c17-14-7-13(18)6-5-12(14)9-22-16(20)10-21-15-4-2-1-3-11(15)8-19/h1-7H,9-10H2. The molecule has 0 heterocycles. The van der Waals surface area contributed by atoms with Crippen molar-refractivity contribution in [2.75, 3.05) is 6.61 Å². The number of carbonyl (C=O) groups excluding carboxylic acids is 1. The molecule has 0 amide bonds. The van der Waals surface area contributed by atoms with Crippen LogP contribution in [0.15, 0.2) is 46.9 Å². The third kappa shape index (κ3) is 4.30. The Morgan fingerprint density at radius 2 is 2.05 bits per heavy atom. The number of ether oxygens (including phenoxy) is 2. The number of hydrogen-bond acceptors (Lipinski definition) is 4. The van der Waals surface area contributed by atoms with E-state index in [4.69, 9.17) is 14.7 Å². The monoisotopic (exact) mass is 363 g/mol. The summed E-state index contributed by atoms with van der Waals surface area (Å²) in [6, 6.07) is 12.7. The molecule has 2 rings (SSSR count). The van der Waals surface area contributed by atoms with Crippen molar-refractivity contribution >= 4 is 21.9 Å². The quantitative estimate of drug-likeness (QED) is 0.761. The highest BCUT2D eigenvalue weighted by Crippen LogP contribution is 2.19. The van der Waals surface area contributed by atoms with Gasteiger partial charge in [0.2, 0.25) is 0 Å². The Hall–Kier alpha value is -2.39. The lowest BCUT2D eigenvalue weighted by molar-refractivity contribution is -0.147. The van der Waals surface area contributed by atoms with Crippen LogP contribution in [0.2, 0.25) is 0 Å². The average Bonchev–Trinajstić information content (AvgIpc) is 2.52. The average molecular weight is 364 g/mol. The van der Waals surface area contributed by atoms with E-state index >= 15 is 0 Å². The van der Waals surface area contributed by atoms with Crippen molar-refractivity contribution in [3.05, 3.63) is 63.9 Å². The second-order valence-electron chi connectivity index (χ2n) is 4.29. The van der Waals surface area contributed by atoms with Gasteiger partial charge < -0.3 is 9.47 Å². The molecule has 0 aliphatic carbocycles. The van der Waals surface area contributed by atoms with Crippen LogP contribution >= 0.6 is 15.9 Å². The van der Waals surface area contributed by atoms with E-state index in [0.29, 0.717) is 21.3 Å². The fraction of sp³-hybridized carbons (Fsp3) is 0.125. The second kappa shape index (κ2) is 7.57. The molecule has 2 aromatic carbocycles. The smallest absolute Gasteiger partial charge is 0.344 e. The van der Waals surface area contributed by atoms with Gasteiger partial charge in [-0.25, -0.2) is 9.18 Å². The zero-order chi connectivity index (χ0) is 15.9. The summed E-state index contributed by atoms with van der Waals surface area (Å²) in [7, 11) is 0. The molecule has 0 radical (unpaired) electrons. The number of esters is 1. The van der Waals surface area contributed by atoms with Gasteiger partial charge in [0.05, 0.1) is 5.56 Å². The van der Waals surface area contributed by atoms with Gasteiger partial charge in [-0.15, -0.1) is 0 Å². The van der Waals surface area contributed by atoms with Crippen LogP contribution in [0.25, 0.3) is 0 Å². The van der Waals surface area contributed by atoms with E-state index in [1.807, 2.05) is 6.07 Å². The maximum atomic E-state index is 12.9. The number of benzene rings is 2. The molecule has 0 spiro atoms. The van der Waals surface area contributed by atoms with Crippen LogP contribution in [0.1, 0.15) is 11.1 Å².